The standard InChI is InChI=1S/C28H37N3O2/c1-30-18-14-25(15-19-30)33-27-7-5-6-21-8-11-23(20-26(21)27)29-28(32)22-9-12-24(13-10-22)31-16-3-2-4-17-31/h5-7,9-10,12-13,23,25H,2-4,8,11,14-20H2,1H3,(H,29,32)/t23-/m1/s1. The Balaban J connectivity index is 1.21. The van der Waals surface area contributed by atoms with Gasteiger partial charge in [-0.05, 0) is 99.9 Å². The molecular weight excluding hydrogens is 410 g/mol. The Morgan fingerprint density at radius 2 is 1.70 bits per heavy atom. The van der Waals surface area contributed by atoms with Crippen molar-refractivity contribution in [1.29, 1.82) is 0 Å². The fraction of sp³-hybridized carbons (Fsp3) is 0.536. The number of likely N-dealkylation sites (tertiary alicyclic amines) is 1. The molecule has 2 aliphatic heterocycles. The van der Waals surface area contributed by atoms with E-state index < -0.39 is 0 Å². The van der Waals surface area contributed by atoms with Crippen molar-refractivity contribution in [2.45, 2.75) is 63.5 Å². The summed E-state index contributed by atoms with van der Waals surface area (Å²) < 4.78 is 6.47. The van der Waals surface area contributed by atoms with E-state index in [1.807, 2.05) is 12.1 Å². The van der Waals surface area contributed by atoms with Crippen LogP contribution in [0, 0.1) is 0 Å². The van der Waals surface area contributed by atoms with Crippen molar-refractivity contribution < 1.29 is 9.53 Å². The second kappa shape index (κ2) is 10.2. The van der Waals surface area contributed by atoms with Crippen LogP contribution in [0.1, 0.15) is 60.0 Å². The molecule has 0 bridgehead atoms. The number of nitrogens with one attached hydrogen (secondary N) is 1. The summed E-state index contributed by atoms with van der Waals surface area (Å²) >= 11 is 0. The van der Waals surface area contributed by atoms with E-state index in [-0.39, 0.29) is 11.9 Å². The average molecular weight is 448 g/mol. The zero-order chi connectivity index (χ0) is 22.6. The van der Waals surface area contributed by atoms with Crippen LogP contribution >= 0.6 is 0 Å². The van der Waals surface area contributed by atoms with Crippen LogP contribution in [0.15, 0.2) is 42.5 Å². The second-order valence-corrected chi connectivity index (χ2v) is 10.0. The number of ether oxygens (including phenoxy) is 1. The molecule has 0 spiro atoms. The predicted octanol–water partition coefficient (Wildman–Crippen LogP) is 4.44. The number of hydrogen-bond donors (Lipinski definition) is 1. The Bertz CT molecular complexity index is 944. The smallest absolute Gasteiger partial charge is 0.251 e. The number of amides is 1. The SMILES string of the molecule is CN1CCC(Oc2cccc3c2C[C@H](NC(=O)c2ccc(N4CCCCC4)cc2)CC3)CC1. The molecule has 5 nitrogen and oxygen atoms in total. The van der Waals surface area contributed by atoms with Crippen LogP contribution in [0.4, 0.5) is 5.69 Å². The first-order chi connectivity index (χ1) is 16.2. The number of fused-ring (bicyclic) bond motifs is 1. The van der Waals surface area contributed by atoms with Gasteiger partial charge in [0.1, 0.15) is 11.9 Å². The van der Waals surface area contributed by atoms with Gasteiger partial charge < -0.3 is 19.9 Å². The van der Waals surface area contributed by atoms with Crippen LogP contribution in [0.5, 0.6) is 5.75 Å². The Hall–Kier alpha value is -2.53. The zero-order valence-electron chi connectivity index (χ0n) is 19.9. The molecule has 33 heavy (non-hydrogen) atoms. The van der Waals surface area contributed by atoms with E-state index >= 15 is 0 Å². The molecule has 3 aliphatic rings. The maximum Gasteiger partial charge on any atom is 0.251 e. The third-order valence-electron chi connectivity index (χ3n) is 7.59. The van der Waals surface area contributed by atoms with Crippen LogP contribution in [-0.2, 0) is 12.8 Å². The minimum Gasteiger partial charge on any atom is -0.490 e. The highest BCUT2D eigenvalue weighted by Crippen LogP contribution is 2.32. The van der Waals surface area contributed by atoms with Gasteiger partial charge in [-0.15, -0.1) is 0 Å². The minimum absolute atomic E-state index is 0.0300. The average Bonchev–Trinajstić information content (AvgIpc) is 2.86. The Labute approximate surface area is 198 Å². The zero-order valence-corrected chi connectivity index (χ0v) is 19.9. The summed E-state index contributed by atoms with van der Waals surface area (Å²) in [5, 5.41) is 3.30. The Morgan fingerprint density at radius 3 is 2.45 bits per heavy atom. The number of carbonyl (C=O) groups excluding carboxylic acids is 1. The van der Waals surface area contributed by atoms with Crippen molar-refractivity contribution in [3.8, 4) is 5.75 Å². The van der Waals surface area contributed by atoms with Gasteiger partial charge in [0.15, 0.2) is 0 Å². The molecule has 1 N–H and O–H groups in total. The van der Waals surface area contributed by atoms with E-state index in [9.17, 15) is 4.79 Å². The van der Waals surface area contributed by atoms with Gasteiger partial charge in [-0.2, -0.15) is 0 Å². The number of rotatable bonds is 5. The van der Waals surface area contributed by atoms with Crippen molar-refractivity contribution in [3.63, 3.8) is 0 Å². The summed E-state index contributed by atoms with van der Waals surface area (Å²) in [6, 6.07) is 14.7. The molecule has 2 saturated heterocycles. The summed E-state index contributed by atoms with van der Waals surface area (Å²) in [5.41, 5.74) is 4.64. The fourth-order valence-electron chi connectivity index (χ4n) is 5.52. The first-order valence-corrected chi connectivity index (χ1v) is 12.8. The van der Waals surface area contributed by atoms with Crippen molar-refractivity contribution >= 4 is 11.6 Å². The van der Waals surface area contributed by atoms with Crippen LogP contribution in [0.25, 0.3) is 0 Å². The first kappa shape index (κ1) is 22.3. The van der Waals surface area contributed by atoms with Crippen LogP contribution < -0.4 is 15.0 Å². The lowest BCUT2D eigenvalue weighted by Crippen LogP contribution is -2.39. The van der Waals surface area contributed by atoms with Crippen LogP contribution in [0.3, 0.4) is 0 Å². The molecule has 176 valence electrons. The molecule has 5 rings (SSSR count). The molecule has 0 aromatic heterocycles. The summed E-state index contributed by atoms with van der Waals surface area (Å²) in [4.78, 5) is 17.8. The molecule has 1 atom stereocenters. The topological polar surface area (TPSA) is 44.8 Å². The Morgan fingerprint density at radius 1 is 0.939 bits per heavy atom. The van der Waals surface area contributed by atoms with E-state index in [2.05, 4.69) is 52.5 Å². The molecule has 2 aromatic carbocycles. The molecule has 0 radical (unpaired) electrons. The van der Waals surface area contributed by atoms with E-state index in [0.29, 0.717) is 6.10 Å². The van der Waals surface area contributed by atoms with Crippen molar-refractivity contribution in [2.24, 2.45) is 0 Å². The van der Waals surface area contributed by atoms with Gasteiger partial charge in [0.05, 0.1) is 0 Å². The Kier molecular flexibility index (Phi) is 6.86. The van der Waals surface area contributed by atoms with Crippen LogP contribution in [0.2, 0.25) is 0 Å². The molecule has 0 saturated carbocycles. The van der Waals surface area contributed by atoms with Gasteiger partial charge in [0, 0.05) is 43.5 Å². The molecule has 5 heteroatoms. The summed E-state index contributed by atoms with van der Waals surface area (Å²) in [7, 11) is 2.18. The lowest BCUT2D eigenvalue weighted by molar-refractivity contribution is 0.0931. The number of hydrogen-bond acceptors (Lipinski definition) is 4. The maximum atomic E-state index is 13.0. The number of anilines is 1. The van der Waals surface area contributed by atoms with E-state index in [4.69, 9.17) is 4.74 Å². The third-order valence-corrected chi connectivity index (χ3v) is 7.59. The summed E-state index contributed by atoms with van der Waals surface area (Å²) in [6.45, 7) is 4.42. The summed E-state index contributed by atoms with van der Waals surface area (Å²) in [5.74, 6) is 1.05. The maximum absolute atomic E-state index is 13.0. The second-order valence-electron chi connectivity index (χ2n) is 10.0. The number of benzene rings is 2. The quantitative estimate of drug-likeness (QED) is 0.736. The first-order valence-electron chi connectivity index (χ1n) is 12.8. The number of nitrogens with zero attached hydrogens (tertiary/aromatic N) is 2. The number of aryl methyl sites for hydroxylation is 1. The van der Waals surface area contributed by atoms with Gasteiger partial charge >= 0.3 is 0 Å². The molecule has 1 amide bonds. The normalized spacial score (nSPS) is 22.0. The monoisotopic (exact) mass is 447 g/mol. The highest BCUT2D eigenvalue weighted by molar-refractivity contribution is 5.94. The fourth-order valence-corrected chi connectivity index (χ4v) is 5.52. The summed E-state index contributed by atoms with van der Waals surface area (Å²) in [6.07, 6.45) is 9.09. The van der Waals surface area contributed by atoms with Gasteiger partial charge in [-0.25, -0.2) is 0 Å². The van der Waals surface area contributed by atoms with Gasteiger partial charge in [0.25, 0.3) is 5.91 Å². The van der Waals surface area contributed by atoms with Crippen molar-refractivity contribution in [1.82, 2.24) is 10.2 Å². The van der Waals surface area contributed by atoms with Gasteiger partial charge in [-0.1, -0.05) is 12.1 Å². The largest absolute Gasteiger partial charge is 0.490 e. The number of carbonyl (C=O) groups is 1. The predicted molar refractivity (Wildman–Crippen MR) is 133 cm³/mol. The van der Waals surface area contributed by atoms with E-state index in [1.165, 1.54) is 36.1 Å². The van der Waals surface area contributed by atoms with Crippen LogP contribution in [-0.4, -0.2) is 56.2 Å². The number of piperidine rings is 2. The molecule has 2 heterocycles. The lowest BCUT2D eigenvalue weighted by Gasteiger charge is -2.32. The van der Waals surface area contributed by atoms with Gasteiger partial charge in [0.2, 0.25) is 0 Å². The highest BCUT2D eigenvalue weighted by Gasteiger charge is 2.25. The molecule has 2 aromatic rings. The molecule has 2 fully saturated rings. The molecule has 0 unspecified atom stereocenters. The lowest BCUT2D eigenvalue weighted by atomic mass is 9.87. The minimum atomic E-state index is 0.0300. The highest BCUT2D eigenvalue weighted by atomic mass is 16.5. The van der Waals surface area contributed by atoms with E-state index in [0.717, 1.165) is 69.6 Å². The molecule has 1 aliphatic carbocycles. The van der Waals surface area contributed by atoms with E-state index in [1.54, 1.807) is 0 Å². The van der Waals surface area contributed by atoms with Gasteiger partial charge in [-0.3, -0.25) is 4.79 Å². The third kappa shape index (κ3) is 5.35. The van der Waals surface area contributed by atoms with Crippen molar-refractivity contribution in [3.05, 3.63) is 59.2 Å². The van der Waals surface area contributed by atoms with Crippen molar-refractivity contribution in [2.75, 3.05) is 38.1 Å². The molecular formula is C28H37N3O2.